The van der Waals surface area contributed by atoms with E-state index in [0.29, 0.717) is 15.1 Å². The van der Waals surface area contributed by atoms with Gasteiger partial charge in [-0.3, -0.25) is 4.79 Å². The lowest BCUT2D eigenvalue weighted by molar-refractivity contribution is 0.102. The average molecular weight is 404 g/mol. The Kier molecular flexibility index (Phi) is 4.66. The highest BCUT2D eigenvalue weighted by Gasteiger charge is 2.11. The monoisotopic (exact) mass is 401 g/mol. The van der Waals surface area contributed by atoms with Crippen LogP contribution in [0.25, 0.3) is 0 Å². The average Bonchev–Trinajstić information content (AvgIpc) is 2.26. The Morgan fingerprint density at radius 1 is 1.16 bits per heavy atom. The third-order valence-electron chi connectivity index (χ3n) is 2.48. The van der Waals surface area contributed by atoms with Crippen molar-refractivity contribution >= 4 is 55.1 Å². The van der Waals surface area contributed by atoms with Gasteiger partial charge in [0.25, 0.3) is 5.91 Å². The maximum absolute atomic E-state index is 12.2. The van der Waals surface area contributed by atoms with Crippen LogP contribution in [0.3, 0.4) is 0 Å². The van der Waals surface area contributed by atoms with Crippen molar-refractivity contribution in [3.63, 3.8) is 0 Å². The number of aryl methyl sites for hydroxylation is 1. The molecular formula is C14H10Br2ClNO. The summed E-state index contributed by atoms with van der Waals surface area (Å²) in [5, 5.41) is 3.44. The van der Waals surface area contributed by atoms with Crippen LogP contribution >= 0.6 is 43.5 Å². The van der Waals surface area contributed by atoms with Gasteiger partial charge < -0.3 is 5.32 Å². The third-order valence-corrected chi connectivity index (χ3v) is 3.82. The van der Waals surface area contributed by atoms with Crippen molar-refractivity contribution in [3.8, 4) is 0 Å². The van der Waals surface area contributed by atoms with Crippen LogP contribution in [0, 0.1) is 6.92 Å². The van der Waals surface area contributed by atoms with E-state index in [1.54, 1.807) is 18.2 Å². The number of halogens is 3. The van der Waals surface area contributed by atoms with E-state index in [4.69, 9.17) is 11.6 Å². The zero-order valence-corrected chi connectivity index (χ0v) is 13.9. The van der Waals surface area contributed by atoms with Crippen LogP contribution in [0.4, 0.5) is 5.69 Å². The standard InChI is InChI=1S/C14H10Br2ClNO/c1-8-4-9(15)6-11(5-8)18-14(19)12-3-2-10(17)7-13(12)16/h2-7H,1H3,(H,18,19). The highest BCUT2D eigenvalue weighted by molar-refractivity contribution is 9.10. The second-order valence-corrected chi connectivity index (χ2v) is 6.30. The molecule has 1 N–H and O–H groups in total. The number of benzene rings is 2. The van der Waals surface area contributed by atoms with Crippen LogP contribution in [-0.4, -0.2) is 5.91 Å². The number of carbonyl (C=O) groups excluding carboxylic acids is 1. The van der Waals surface area contributed by atoms with E-state index < -0.39 is 0 Å². The summed E-state index contributed by atoms with van der Waals surface area (Å²) in [6, 6.07) is 10.8. The fraction of sp³-hybridized carbons (Fsp3) is 0.0714. The second-order valence-electron chi connectivity index (χ2n) is 4.10. The van der Waals surface area contributed by atoms with Gasteiger partial charge in [-0.15, -0.1) is 0 Å². The van der Waals surface area contributed by atoms with E-state index in [-0.39, 0.29) is 5.91 Å². The molecule has 2 aromatic carbocycles. The molecule has 0 atom stereocenters. The number of rotatable bonds is 2. The van der Waals surface area contributed by atoms with Crippen molar-refractivity contribution in [2.45, 2.75) is 6.92 Å². The smallest absolute Gasteiger partial charge is 0.256 e. The van der Waals surface area contributed by atoms with Gasteiger partial charge in [0, 0.05) is 19.7 Å². The van der Waals surface area contributed by atoms with Gasteiger partial charge in [-0.05, 0) is 64.8 Å². The lowest BCUT2D eigenvalue weighted by Gasteiger charge is -2.08. The molecule has 0 unspecified atom stereocenters. The number of nitrogens with one attached hydrogen (secondary N) is 1. The van der Waals surface area contributed by atoms with Crippen LogP contribution in [0.2, 0.25) is 5.02 Å². The zero-order chi connectivity index (χ0) is 14.0. The molecule has 0 aliphatic rings. The minimum Gasteiger partial charge on any atom is -0.322 e. The molecular weight excluding hydrogens is 393 g/mol. The van der Waals surface area contributed by atoms with Crippen LogP contribution in [0.1, 0.15) is 15.9 Å². The van der Waals surface area contributed by atoms with Crippen LogP contribution in [0.5, 0.6) is 0 Å². The summed E-state index contributed by atoms with van der Waals surface area (Å²) in [5.41, 5.74) is 2.36. The molecule has 0 bridgehead atoms. The second kappa shape index (κ2) is 6.07. The molecule has 2 nitrogen and oxygen atoms in total. The van der Waals surface area contributed by atoms with Gasteiger partial charge in [0.2, 0.25) is 0 Å². The number of anilines is 1. The Morgan fingerprint density at radius 3 is 2.53 bits per heavy atom. The normalized spacial score (nSPS) is 10.3. The molecule has 0 saturated carbocycles. The van der Waals surface area contributed by atoms with E-state index in [9.17, 15) is 4.79 Å². The highest BCUT2D eigenvalue weighted by Crippen LogP contribution is 2.24. The van der Waals surface area contributed by atoms with Crippen LogP contribution < -0.4 is 5.32 Å². The topological polar surface area (TPSA) is 29.1 Å². The molecule has 5 heteroatoms. The van der Waals surface area contributed by atoms with Crippen molar-refractivity contribution in [2.24, 2.45) is 0 Å². The predicted molar refractivity (Wildman–Crippen MR) is 86.0 cm³/mol. The van der Waals surface area contributed by atoms with Crippen LogP contribution in [-0.2, 0) is 0 Å². The van der Waals surface area contributed by atoms with Gasteiger partial charge in [-0.25, -0.2) is 0 Å². The van der Waals surface area contributed by atoms with Crippen molar-refractivity contribution < 1.29 is 4.79 Å². The van der Waals surface area contributed by atoms with Crippen molar-refractivity contribution in [3.05, 3.63) is 61.5 Å². The Labute approximate surface area is 133 Å². The Hall–Kier alpha value is -0.840. The third kappa shape index (κ3) is 3.81. The molecule has 1 amide bonds. The molecule has 0 saturated heterocycles. The number of carbonyl (C=O) groups is 1. The van der Waals surface area contributed by atoms with E-state index in [1.807, 2.05) is 25.1 Å². The molecule has 0 fully saturated rings. The molecule has 0 radical (unpaired) electrons. The molecule has 98 valence electrons. The molecule has 2 aromatic rings. The van der Waals surface area contributed by atoms with E-state index in [0.717, 1.165) is 15.7 Å². The first-order valence-electron chi connectivity index (χ1n) is 5.49. The van der Waals surface area contributed by atoms with E-state index in [2.05, 4.69) is 37.2 Å². The maximum atomic E-state index is 12.2. The lowest BCUT2D eigenvalue weighted by atomic mass is 10.2. The van der Waals surface area contributed by atoms with Crippen LogP contribution in [0.15, 0.2) is 45.3 Å². The number of hydrogen-bond acceptors (Lipinski definition) is 1. The molecule has 0 spiro atoms. The molecule has 19 heavy (non-hydrogen) atoms. The molecule has 0 aliphatic carbocycles. The Morgan fingerprint density at radius 2 is 1.89 bits per heavy atom. The quantitative estimate of drug-likeness (QED) is 0.712. The Balaban J connectivity index is 2.25. The summed E-state index contributed by atoms with van der Waals surface area (Å²) < 4.78 is 1.60. The maximum Gasteiger partial charge on any atom is 0.256 e. The predicted octanol–water partition coefficient (Wildman–Crippen LogP) is 5.43. The first-order chi connectivity index (χ1) is 8.95. The minimum absolute atomic E-state index is 0.180. The van der Waals surface area contributed by atoms with Crippen molar-refractivity contribution in [2.75, 3.05) is 5.32 Å². The van der Waals surface area contributed by atoms with Crippen molar-refractivity contribution in [1.82, 2.24) is 0 Å². The molecule has 2 rings (SSSR count). The largest absolute Gasteiger partial charge is 0.322 e. The van der Waals surface area contributed by atoms with E-state index >= 15 is 0 Å². The summed E-state index contributed by atoms with van der Waals surface area (Å²) >= 11 is 12.6. The van der Waals surface area contributed by atoms with Gasteiger partial charge >= 0.3 is 0 Å². The summed E-state index contributed by atoms with van der Waals surface area (Å²) in [6.45, 7) is 1.97. The highest BCUT2D eigenvalue weighted by atomic mass is 79.9. The zero-order valence-electron chi connectivity index (χ0n) is 10.0. The minimum atomic E-state index is -0.180. The summed E-state index contributed by atoms with van der Waals surface area (Å²) in [6.07, 6.45) is 0. The number of amides is 1. The first-order valence-corrected chi connectivity index (χ1v) is 7.46. The molecule has 0 aliphatic heterocycles. The van der Waals surface area contributed by atoms with Gasteiger partial charge in [-0.1, -0.05) is 27.5 Å². The molecule has 0 heterocycles. The fourth-order valence-electron chi connectivity index (χ4n) is 1.68. The molecule has 0 aromatic heterocycles. The van der Waals surface area contributed by atoms with Gasteiger partial charge in [0.05, 0.1) is 5.56 Å². The Bertz CT molecular complexity index is 623. The van der Waals surface area contributed by atoms with E-state index in [1.165, 1.54) is 0 Å². The van der Waals surface area contributed by atoms with Gasteiger partial charge in [0.1, 0.15) is 0 Å². The number of hydrogen-bond donors (Lipinski definition) is 1. The lowest BCUT2D eigenvalue weighted by Crippen LogP contribution is -2.12. The summed E-state index contributed by atoms with van der Waals surface area (Å²) in [4.78, 5) is 12.2. The SMILES string of the molecule is Cc1cc(Br)cc(NC(=O)c2ccc(Cl)cc2Br)c1. The fourth-order valence-corrected chi connectivity index (χ4v) is 3.15. The summed E-state index contributed by atoms with van der Waals surface area (Å²) in [5.74, 6) is -0.180. The first kappa shape index (κ1) is 14.6. The van der Waals surface area contributed by atoms with Crippen molar-refractivity contribution in [1.29, 1.82) is 0 Å². The van der Waals surface area contributed by atoms with Gasteiger partial charge in [-0.2, -0.15) is 0 Å². The summed E-state index contributed by atoms with van der Waals surface area (Å²) in [7, 11) is 0. The van der Waals surface area contributed by atoms with Gasteiger partial charge in [0.15, 0.2) is 0 Å².